The Bertz CT molecular complexity index is 1860. The van der Waals surface area contributed by atoms with Gasteiger partial charge < -0.3 is 47.8 Å². The molecule has 2 N–H and O–H groups in total. The molecular weight excluding hydrogens is 638 g/mol. The average Bonchev–Trinajstić information content (AvgIpc) is 3.57. The predicted octanol–water partition coefficient (Wildman–Crippen LogP) is 7.24. The smallest absolute Gasteiger partial charge is 0.331 e. The van der Waals surface area contributed by atoms with Crippen LogP contribution in [0.25, 0.3) is 28.7 Å². The van der Waals surface area contributed by atoms with Gasteiger partial charge in [0.25, 0.3) is 0 Å². The number of oxazole rings is 1. The topological polar surface area (TPSA) is 165 Å². The van der Waals surface area contributed by atoms with Crippen LogP contribution >= 0.6 is 0 Å². The minimum absolute atomic E-state index is 0. The van der Waals surface area contributed by atoms with Crippen molar-refractivity contribution in [3.05, 3.63) is 104 Å². The zero-order valence-corrected chi connectivity index (χ0v) is 26.3. The second-order valence-corrected chi connectivity index (χ2v) is 9.43. The van der Waals surface area contributed by atoms with Gasteiger partial charge in [0, 0.05) is 22.8 Å². The monoisotopic (exact) mass is 673 g/mol. The van der Waals surface area contributed by atoms with E-state index in [-0.39, 0.29) is 7.43 Å². The third-order valence-electron chi connectivity index (χ3n) is 6.43. The highest BCUT2D eigenvalue weighted by Crippen LogP contribution is 2.43. The van der Waals surface area contributed by atoms with Crippen LogP contribution in [0.2, 0.25) is 0 Å². The number of rotatable bonds is 12. The van der Waals surface area contributed by atoms with Crippen molar-refractivity contribution in [2.45, 2.75) is 7.43 Å². The molecule has 0 atom stereocenters. The molecule has 3 aromatic carbocycles. The Hall–Kier alpha value is -6.63. The second-order valence-electron chi connectivity index (χ2n) is 9.43. The van der Waals surface area contributed by atoms with Crippen LogP contribution in [-0.2, 0) is 9.59 Å². The van der Waals surface area contributed by atoms with Gasteiger partial charge in [-0.05, 0) is 54.6 Å². The van der Waals surface area contributed by atoms with Crippen LogP contribution < -0.4 is 33.2 Å². The summed E-state index contributed by atoms with van der Waals surface area (Å²) in [4.78, 5) is 25.3. The zero-order valence-electron chi connectivity index (χ0n) is 26.3. The van der Waals surface area contributed by atoms with Gasteiger partial charge >= 0.3 is 11.9 Å². The molecule has 5 rings (SSSR count). The molecule has 0 amide bonds. The fourth-order valence-electron chi connectivity index (χ4n) is 4.29. The van der Waals surface area contributed by atoms with Crippen molar-refractivity contribution in [1.82, 2.24) is 4.98 Å². The first-order valence-electron chi connectivity index (χ1n) is 13.9. The number of hydrogen-bond acceptors (Lipinski definition) is 11. The molecule has 0 fully saturated rings. The molecule has 256 valence electrons. The van der Waals surface area contributed by atoms with Gasteiger partial charge in [-0.25, -0.2) is 14.6 Å². The van der Waals surface area contributed by atoms with Crippen molar-refractivity contribution >= 4 is 18.0 Å². The van der Waals surface area contributed by atoms with Gasteiger partial charge in [0.2, 0.25) is 5.75 Å². The highest BCUT2D eigenvalue weighted by molar-refractivity contribution is 5.81. The van der Waals surface area contributed by atoms with Gasteiger partial charge in [-0.1, -0.05) is 14.0 Å². The fourth-order valence-corrected chi connectivity index (χ4v) is 4.29. The Balaban J connectivity index is 0.000000305. The maximum Gasteiger partial charge on any atom is 0.331 e. The van der Waals surface area contributed by atoms with E-state index in [2.05, 4.69) is 11.6 Å². The number of hydrogen-bond donors (Lipinski definition) is 2. The molecule has 1 aliphatic heterocycles. The van der Waals surface area contributed by atoms with E-state index in [1.807, 2.05) is 12.1 Å². The van der Waals surface area contributed by atoms with E-state index >= 15 is 0 Å². The molecule has 0 saturated carbocycles. The third-order valence-corrected chi connectivity index (χ3v) is 6.43. The second kappa shape index (κ2) is 17.3. The molecule has 0 aliphatic carbocycles. The number of nitrogens with zero attached hydrogens (tertiary/aromatic N) is 1. The van der Waals surface area contributed by atoms with Crippen molar-refractivity contribution in [3.63, 3.8) is 0 Å². The summed E-state index contributed by atoms with van der Waals surface area (Å²) in [5.74, 6) is 2.11. The third kappa shape index (κ3) is 9.45. The lowest BCUT2D eigenvalue weighted by atomic mass is 10.0. The predicted molar refractivity (Wildman–Crippen MR) is 180 cm³/mol. The summed E-state index contributed by atoms with van der Waals surface area (Å²) in [7, 11) is 6.07. The first-order valence-corrected chi connectivity index (χ1v) is 13.9. The molecule has 0 saturated heterocycles. The summed E-state index contributed by atoms with van der Waals surface area (Å²) >= 11 is 0. The number of allylic oxidation sites excluding steroid dienone is 1. The molecule has 2 heterocycles. The van der Waals surface area contributed by atoms with Gasteiger partial charge in [-0.3, -0.25) is 0 Å². The minimum atomic E-state index is -1.13. The normalized spacial score (nSPS) is 11.4. The van der Waals surface area contributed by atoms with Crippen molar-refractivity contribution in [1.29, 1.82) is 0 Å². The summed E-state index contributed by atoms with van der Waals surface area (Å²) in [5, 5.41) is 17.2. The molecule has 0 unspecified atom stereocenters. The molecule has 13 heteroatoms. The van der Waals surface area contributed by atoms with E-state index in [4.69, 9.17) is 47.8 Å². The van der Waals surface area contributed by atoms with Crippen molar-refractivity contribution < 1.29 is 57.4 Å². The van der Waals surface area contributed by atoms with Crippen LogP contribution in [0.5, 0.6) is 40.2 Å². The number of ether oxygens (including phenoxy) is 7. The van der Waals surface area contributed by atoms with Gasteiger partial charge in [0.1, 0.15) is 23.0 Å². The quantitative estimate of drug-likeness (QED) is 0.114. The number of fused-ring (bicyclic) bond motifs is 1. The maximum absolute atomic E-state index is 10.7. The van der Waals surface area contributed by atoms with Crippen LogP contribution in [0.4, 0.5) is 0 Å². The Morgan fingerprint density at radius 1 is 0.755 bits per heavy atom. The van der Waals surface area contributed by atoms with Crippen LogP contribution in [-0.4, -0.2) is 55.6 Å². The maximum atomic E-state index is 10.7. The minimum Gasteiger partial charge on any atom is -0.493 e. The first-order chi connectivity index (χ1) is 23.2. The Labute approximate surface area is 282 Å². The lowest BCUT2D eigenvalue weighted by Crippen LogP contribution is -1.98. The van der Waals surface area contributed by atoms with E-state index in [9.17, 15) is 9.59 Å². The largest absolute Gasteiger partial charge is 0.493 e. The Kier molecular flexibility index (Phi) is 13.0. The van der Waals surface area contributed by atoms with Crippen LogP contribution in [0.3, 0.4) is 0 Å². The van der Waals surface area contributed by atoms with E-state index in [1.54, 1.807) is 48.5 Å². The molecule has 0 bridgehead atoms. The van der Waals surface area contributed by atoms with Gasteiger partial charge in [-0.2, -0.15) is 0 Å². The highest BCUT2D eigenvalue weighted by atomic mass is 16.5. The van der Waals surface area contributed by atoms with Crippen LogP contribution in [0.15, 0.2) is 102 Å². The number of aliphatic carboxylic acids is 2. The van der Waals surface area contributed by atoms with E-state index < -0.39 is 11.9 Å². The van der Waals surface area contributed by atoms with Gasteiger partial charge in [-0.15, -0.1) is 0 Å². The lowest BCUT2D eigenvalue weighted by Gasteiger charge is -2.14. The SMILES string of the molecule is C.C=C1C=Cc2ccc(O/C=C/C(=O)O)cc2O1.COc1ccc(-c2ocnc2-c2cc(OC)c(OC)c(OC)c2)cc1O/C=C/C(=O)O. The molecule has 1 aromatic heterocycles. The highest BCUT2D eigenvalue weighted by Gasteiger charge is 2.20. The van der Waals surface area contributed by atoms with Crippen LogP contribution in [0.1, 0.15) is 13.0 Å². The average molecular weight is 674 g/mol. The number of carboxylic acid groups (broad SMARTS) is 2. The number of benzene rings is 3. The standard InChI is InChI=1S/C22H21NO8.C13H10O4.CH4/c1-26-15-6-5-13(9-16(15)30-8-7-19(24)25)21-20(23-12-31-21)14-10-17(27-2)22(29-4)18(11-14)28-3;1-9-2-3-10-4-5-11(8-12(10)17-9)16-7-6-13(14)15;/h5-12H,1-4H3,(H,24,25);2-8H,1H2,(H,14,15);1H4/b8-7+;7-6+;. The molecule has 4 aromatic rings. The Morgan fingerprint density at radius 2 is 1.39 bits per heavy atom. The summed E-state index contributed by atoms with van der Waals surface area (Å²) in [6.07, 6.45) is 8.94. The lowest BCUT2D eigenvalue weighted by molar-refractivity contribution is -0.132. The van der Waals surface area contributed by atoms with Gasteiger partial charge in [0.05, 0.1) is 53.1 Å². The number of aromatic nitrogens is 1. The molecule has 0 spiro atoms. The summed E-state index contributed by atoms with van der Waals surface area (Å²) in [6, 6.07) is 13.9. The summed E-state index contributed by atoms with van der Waals surface area (Å²) in [5.41, 5.74) is 2.78. The summed E-state index contributed by atoms with van der Waals surface area (Å²) < 4.78 is 43.1. The summed E-state index contributed by atoms with van der Waals surface area (Å²) in [6.45, 7) is 3.69. The fraction of sp³-hybridized carbons (Fsp3) is 0.139. The molecule has 13 nitrogen and oxygen atoms in total. The van der Waals surface area contributed by atoms with Crippen LogP contribution in [0, 0.1) is 0 Å². The molecule has 0 radical (unpaired) electrons. The zero-order chi connectivity index (χ0) is 34.6. The van der Waals surface area contributed by atoms with Crippen molar-refractivity contribution in [2.24, 2.45) is 0 Å². The van der Waals surface area contributed by atoms with E-state index in [0.717, 1.165) is 30.2 Å². The Morgan fingerprint density at radius 3 is 2.00 bits per heavy atom. The van der Waals surface area contributed by atoms with Crippen molar-refractivity contribution in [2.75, 3.05) is 28.4 Å². The van der Waals surface area contributed by atoms with Gasteiger partial charge in [0.15, 0.2) is 35.2 Å². The number of carbonyl (C=O) groups is 2. The van der Waals surface area contributed by atoms with E-state index in [0.29, 0.717) is 68.6 Å². The number of methoxy groups -OCH3 is 4. The van der Waals surface area contributed by atoms with E-state index in [1.165, 1.54) is 34.8 Å². The first kappa shape index (κ1) is 36.8. The van der Waals surface area contributed by atoms with Crippen molar-refractivity contribution in [3.8, 4) is 62.8 Å². The molecular formula is C36H35NO12. The number of carboxylic acids is 2. The molecule has 49 heavy (non-hydrogen) atoms. The molecule has 1 aliphatic rings.